The van der Waals surface area contributed by atoms with E-state index in [2.05, 4.69) is 34.1 Å². The van der Waals surface area contributed by atoms with Crippen LogP contribution in [-0.2, 0) is 16.1 Å². The predicted molar refractivity (Wildman–Crippen MR) is 143 cm³/mol. The van der Waals surface area contributed by atoms with Gasteiger partial charge in [0, 0.05) is 48.7 Å². The fraction of sp³-hybridized carbons (Fsp3) is 0.321. The zero-order valence-corrected chi connectivity index (χ0v) is 23.1. The molecule has 1 saturated heterocycles. The Morgan fingerprint density at radius 1 is 0.933 bits per heavy atom. The van der Waals surface area contributed by atoms with Crippen molar-refractivity contribution < 1.29 is 55.6 Å². The van der Waals surface area contributed by atoms with E-state index in [0.29, 0.717) is 12.7 Å². The van der Waals surface area contributed by atoms with E-state index < -0.39 is 24.3 Å². The van der Waals surface area contributed by atoms with Gasteiger partial charge in [-0.25, -0.2) is 19.1 Å². The molecular formula is C28H25F6N5O6. The molecule has 2 N–H and O–H groups in total. The van der Waals surface area contributed by atoms with Gasteiger partial charge in [-0.1, -0.05) is 12.1 Å². The highest BCUT2D eigenvalue weighted by Gasteiger charge is 2.39. The van der Waals surface area contributed by atoms with Gasteiger partial charge < -0.3 is 19.7 Å². The van der Waals surface area contributed by atoms with Gasteiger partial charge in [-0.05, 0) is 55.3 Å². The third kappa shape index (κ3) is 9.04. The summed E-state index contributed by atoms with van der Waals surface area (Å²) < 4.78 is 76.3. The molecule has 0 radical (unpaired) electrons. The first-order valence-electron chi connectivity index (χ1n) is 13.2. The molecule has 0 saturated carbocycles. The van der Waals surface area contributed by atoms with Crippen molar-refractivity contribution in [1.82, 2.24) is 24.5 Å². The zero-order chi connectivity index (χ0) is 32.8. The number of halogens is 6. The van der Waals surface area contributed by atoms with Crippen molar-refractivity contribution in [2.75, 3.05) is 19.9 Å². The van der Waals surface area contributed by atoms with Crippen LogP contribution in [0.4, 0.5) is 26.3 Å². The van der Waals surface area contributed by atoms with E-state index in [1.165, 1.54) is 5.56 Å². The SMILES string of the molecule is O=C(O)C(F)(F)F.O=C(O)C(F)(F)F.c1cncc(-c2ccc3nc(C4CCCN(Cc5ccc6c(c5)OCO6)C4)nn3c2)c1. The van der Waals surface area contributed by atoms with E-state index >= 15 is 0 Å². The van der Waals surface area contributed by atoms with Crippen LogP contribution in [0.3, 0.4) is 0 Å². The number of rotatable bonds is 4. The Bertz CT molecular complexity index is 1610. The molecule has 2 aliphatic heterocycles. The summed E-state index contributed by atoms with van der Waals surface area (Å²) in [5, 5.41) is 19.1. The summed E-state index contributed by atoms with van der Waals surface area (Å²) >= 11 is 0. The van der Waals surface area contributed by atoms with Crippen molar-refractivity contribution >= 4 is 17.6 Å². The second-order valence-corrected chi connectivity index (χ2v) is 9.80. The van der Waals surface area contributed by atoms with E-state index in [1.54, 1.807) is 6.20 Å². The number of carboxylic acid groups (broad SMARTS) is 2. The van der Waals surface area contributed by atoms with E-state index in [0.717, 1.165) is 66.6 Å². The van der Waals surface area contributed by atoms with Crippen LogP contribution in [0.25, 0.3) is 16.8 Å². The van der Waals surface area contributed by atoms with Crippen LogP contribution >= 0.6 is 0 Å². The number of aromatic nitrogens is 4. The summed E-state index contributed by atoms with van der Waals surface area (Å²) in [6, 6.07) is 14.3. The van der Waals surface area contributed by atoms with Gasteiger partial charge in [0.1, 0.15) is 0 Å². The highest BCUT2D eigenvalue weighted by atomic mass is 19.4. The van der Waals surface area contributed by atoms with Crippen molar-refractivity contribution in [3.63, 3.8) is 0 Å². The predicted octanol–water partition coefficient (Wildman–Crippen LogP) is 5.17. The lowest BCUT2D eigenvalue weighted by Crippen LogP contribution is -2.34. The van der Waals surface area contributed by atoms with Crippen LogP contribution in [0, 0.1) is 0 Å². The van der Waals surface area contributed by atoms with Crippen LogP contribution < -0.4 is 9.47 Å². The van der Waals surface area contributed by atoms with Gasteiger partial charge in [0.05, 0.1) is 0 Å². The molecule has 0 aliphatic carbocycles. The molecule has 45 heavy (non-hydrogen) atoms. The van der Waals surface area contributed by atoms with Crippen molar-refractivity contribution in [3.05, 3.63) is 72.4 Å². The summed E-state index contributed by atoms with van der Waals surface area (Å²) in [6.45, 7) is 3.25. The molecule has 1 aromatic carbocycles. The molecule has 1 unspecified atom stereocenters. The highest BCUT2D eigenvalue weighted by Crippen LogP contribution is 2.34. The van der Waals surface area contributed by atoms with Crippen molar-refractivity contribution in [1.29, 1.82) is 0 Å². The maximum atomic E-state index is 10.6. The molecular weight excluding hydrogens is 616 g/mol. The van der Waals surface area contributed by atoms with Crippen molar-refractivity contribution in [2.45, 2.75) is 37.7 Å². The maximum absolute atomic E-state index is 10.6. The first-order chi connectivity index (χ1) is 21.2. The fourth-order valence-electron chi connectivity index (χ4n) is 4.48. The van der Waals surface area contributed by atoms with Crippen LogP contribution in [0.2, 0.25) is 0 Å². The smallest absolute Gasteiger partial charge is 0.475 e. The van der Waals surface area contributed by atoms with Crippen LogP contribution in [0.1, 0.15) is 30.1 Å². The average Bonchev–Trinajstić information content (AvgIpc) is 3.64. The van der Waals surface area contributed by atoms with Crippen LogP contribution in [0.15, 0.2) is 61.1 Å². The Kier molecular flexibility index (Phi) is 10.1. The fourth-order valence-corrected chi connectivity index (χ4v) is 4.48. The number of hydrogen-bond donors (Lipinski definition) is 2. The summed E-state index contributed by atoms with van der Waals surface area (Å²) in [4.78, 5) is 29.3. The minimum absolute atomic E-state index is 0.312. The van der Waals surface area contributed by atoms with E-state index in [4.69, 9.17) is 39.4 Å². The number of nitrogens with zero attached hydrogens (tertiary/aromatic N) is 5. The molecule has 0 amide bonds. The number of pyridine rings is 2. The van der Waals surface area contributed by atoms with Gasteiger partial charge in [0.25, 0.3) is 0 Å². The lowest BCUT2D eigenvalue weighted by molar-refractivity contribution is -0.193. The summed E-state index contributed by atoms with van der Waals surface area (Å²) in [5.74, 6) is -2.57. The molecule has 5 heterocycles. The number of piperidine rings is 1. The number of ether oxygens (including phenoxy) is 2. The standard InChI is InChI=1S/C24H23N5O2.2C2HF3O2/c1-3-18(12-25-9-1)19-6-8-23-26-24(27-29(23)15-19)20-4-2-10-28(14-20)13-17-5-7-21-22(11-17)31-16-30-21;2*3-2(4,5)1(6)7/h1,3,5-9,11-12,15,20H,2,4,10,13-14,16H2;2*(H,6,7). The normalized spacial score (nSPS) is 16.3. The molecule has 4 aromatic rings. The summed E-state index contributed by atoms with van der Waals surface area (Å²) in [6.07, 6.45) is -2.21. The minimum atomic E-state index is -5.08. The van der Waals surface area contributed by atoms with Gasteiger partial charge in [0.2, 0.25) is 6.79 Å². The van der Waals surface area contributed by atoms with Gasteiger partial charge in [0.15, 0.2) is 23.0 Å². The number of benzene rings is 1. The van der Waals surface area contributed by atoms with Crippen LogP contribution in [0.5, 0.6) is 11.5 Å². The van der Waals surface area contributed by atoms with E-state index in [-0.39, 0.29) is 0 Å². The van der Waals surface area contributed by atoms with Gasteiger partial charge in [-0.15, -0.1) is 0 Å². The molecule has 1 atom stereocenters. The van der Waals surface area contributed by atoms with Gasteiger partial charge >= 0.3 is 24.3 Å². The Balaban J connectivity index is 0.000000277. The van der Waals surface area contributed by atoms with Gasteiger partial charge in [-0.2, -0.15) is 31.4 Å². The first kappa shape index (κ1) is 33.0. The second-order valence-electron chi connectivity index (χ2n) is 9.80. The van der Waals surface area contributed by atoms with E-state index in [9.17, 15) is 26.3 Å². The average molecular weight is 642 g/mol. The van der Waals surface area contributed by atoms with Crippen LogP contribution in [-0.4, -0.2) is 78.9 Å². The maximum Gasteiger partial charge on any atom is 0.490 e. The second kappa shape index (κ2) is 13.8. The van der Waals surface area contributed by atoms with Crippen molar-refractivity contribution in [2.24, 2.45) is 0 Å². The molecule has 17 heteroatoms. The Morgan fingerprint density at radius 2 is 1.62 bits per heavy atom. The topological polar surface area (TPSA) is 139 Å². The molecule has 2 aliphatic rings. The monoisotopic (exact) mass is 641 g/mol. The van der Waals surface area contributed by atoms with E-state index in [1.807, 2.05) is 35.1 Å². The molecule has 240 valence electrons. The van der Waals surface area contributed by atoms with Gasteiger partial charge in [-0.3, -0.25) is 9.88 Å². The van der Waals surface area contributed by atoms with Crippen molar-refractivity contribution in [3.8, 4) is 22.6 Å². The number of carbonyl (C=O) groups is 2. The number of hydrogen-bond acceptors (Lipinski definition) is 8. The number of aliphatic carboxylic acids is 2. The number of likely N-dealkylation sites (tertiary alicyclic amines) is 1. The minimum Gasteiger partial charge on any atom is -0.475 e. The Morgan fingerprint density at radius 3 is 2.27 bits per heavy atom. The molecule has 11 nitrogen and oxygen atoms in total. The lowest BCUT2D eigenvalue weighted by atomic mass is 9.97. The lowest BCUT2D eigenvalue weighted by Gasteiger charge is -2.31. The summed E-state index contributed by atoms with van der Waals surface area (Å²) in [5.41, 5.74) is 4.30. The number of carboxylic acids is 2. The molecule has 6 rings (SSSR count). The highest BCUT2D eigenvalue weighted by molar-refractivity contribution is 5.73. The molecule has 0 spiro atoms. The largest absolute Gasteiger partial charge is 0.490 e. The molecule has 0 bridgehead atoms. The summed E-state index contributed by atoms with van der Waals surface area (Å²) in [7, 11) is 0. The molecule has 1 fully saturated rings. The Hall–Kier alpha value is -4.93. The number of alkyl halides is 6. The Labute approximate surface area is 250 Å². The quantitative estimate of drug-likeness (QED) is 0.287. The first-order valence-corrected chi connectivity index (χ1v) is 13.2. The third-order valence-electron chi connectivity index (χ3n) is 6.54. The number of fused-ring (bicyclic) bond motifs is 2. The molecule has 3 aromatic heterocycles. The third-order valence-corrected chi connectivity index (χ3v) is 6.54. The zero-order valence-electron chi connectivity index (χ0n) is 23.1.